The highest BCUT2D eigenvalue weighted by atomic mass is 32.2. The van der Waals surface area contributed by atoms with Gasteiger partial charge < -0.3 is 5.11 Å². The summed E-state index contributed by atoms with van der Waals surface area (Å²) in [4.78, 5) is 0. The summed E-state index contributed by atoms with van der Waals surface area (Å²) in [6.45, 7) is 2.68. The van der Waals surface area contributed by atoms with Gasteiger partial charge in [0, 0.05) is 19.0 Å². The predicted molar refractivity (Wildman–Crippen MR) is 57.2 cm³/mol. The summed E-state index contributed by atoms with van der Waals surface area (Å²) in [5.74, 6) is -0.262. The van der Waals surface area contributed by atoms with Gasteiger partial charge in [0.05, 0.1) is 11.4 Å². The quantitative estimate of drug-likeness (QED) is 0.796. The van der Waals surface area contributed by atoms with Crippen molar-refractivity contribution in [2.75, 3.05) is 12.0 Å². The van der Waals surface area contributed by atoms with Crippen molar-refractivity contribution in [3.05, 3.63) is 18.0 Å². The van der Waals surface area contributed by atoms with Crippen LogP contribution >= 0.6 is 0 Å². The third kappa shape index (κ3) is 3.64. The standard InChI is InChI=1S/C9H16N2O3S/c1-3-6-11-8(4-5-10-11)9(12)7-15(2,13)14/h4-5,9,12H,3,6-7H2,1-2H3. The lowest BCUT2D eigenvalue weighted by Crippen LogP contribution is -2.17. The molecule has 0 radical (unpaired) electrons. The molecule has 0 aliphatic heterocycles. The molecule has 0 aliphatic rings. The molecular formula is C9H16N2O3S. The van der Waals surface area contributed by atoms with Gasteiger partial charge in [0.1, 0.15) is 15.9 Å². The number of aryl methyl sites for hydroxylation is 1. The highest BCUT2D eigenvalue weighted by molar-refractivity contribution is 7.90. The monoisotopic (exact) mass is 232 g/mol. The van der Waals surface area contributed by atoms with E-state index in [1.807, 2.05) is 6.92 Å². The summed E-state index contributed by atoms with van der Waals surface area (Å²) in [5.41, 5.74) is 0.558. The number of nitrogens with zero attached hydrogens (tertiary/aromatic N) is 2. The van der Waals surface area contributed by atoms with Crippen LogP contribution in [0.2, 0.25) is 0 Å². The van der Waals surface area contributed by atoms with Crippen LogP contribution in [0.1, 0.15) is 25.1 Å². The second kappa shape index (κ2) is 4.76. The van der Waals surface area contributed by atoms with Gasteiger partial charge in [-0.1, -0.05) is 6.92 Å². The van der Waals surface area contributed by atoms with E-state index in [1.54, 1.807) is 16.9 Å². The molecule has 0 saturated carbocycles. The van der Waals surface area contributed by atoms with Crippen molar-refractivity contribution in [2.24, 2.45) is 0 Å². The third-order valence-electron chi connectivity index (χ3n) is 1.99. The first-order valence-electron chi connectivity index (χ1n) is 4.81. The molecule has 1 aromatic rings. The Kier molecular flexibility index (Phi) is 3.87. The molecule has 6 heteroatoms. The second-order valence-electron chi connectivity index (χ2n) is 3.59. The molecule has 1 rings (SSSR count). The molecule has 0 saturated heterocycles. The molecule has 1 heterocycles. The van der Waals surface area contributed by atoms with Gasteiger partial charge in [-0.25, -0.2) is 8.42 Å². The van der Waals surface area contributed by atoms with Crippen LogP contribution in [0.5, 0.6) is 0 Å². The van der Waals surface area contributed by atoms with Gasteiger partial charge in [-0.05, 0) is 12.5 Å². The zero-order chi connectivity index (χ0) is 11.5. The Morgan fingerprint density at radius 1 is 1.60 bits per heavy atom. The van der Waals surface area contributed by atoms with Crippen molar-refractivity contribution >= 4 is 9.84 Å². The fourth-order valence-corrected chi connectivity index (χ4v) is 2.14. The van der Waals surface area contributed by atoms with E-state index in [1.165, 1.54) is 0 Å². The maximum Gasteiger partial charge on any atom is 0.150 e. The SMILES string of the molecule is CCCn1nccc1C(O)CS(C)(=O)=O. The molecule has 1 N–H and O–H groups in total. The van der Waals surface area contributed by atoms with Crippen molar-refractivity contribution in [1.82, 2.24) is 9.78 Å². The molecule has 0 aromatic carbocycles. The average Bonchev–Trinajstić information content (AvgIpc) is 2.49. The van der Waals surface area contributed by atoms with Gasteiger partial charge >= 0.3 is 0 Å². The Labute approximate surface area is 89.6 Å². The van der Waals surface area contributed by atoms with Crippen LogP contribution in [-0.4, -0.2) is 35.3 Å². The predicted octanol–water partition coefficient (Wildman–Crippen LogP) is 0.371. The molecule has 1 aromatic heterocycles. The van der Waals surface area contributed by atoms with E-state index < -0.39 is 15.9 Å². The first kappa shape index (κ1) is 12.2. The zero-order valence-corrected chi connectivity index (χ0v) is 9.74. The van der Waals surface area contributed by atoms with Crippen molar-refractivity contribution < 1.29 is 13.5 Å². The van der Waals surface area contributed by atoms with E-state index in [0.29, 0.717) is 12.2 Å². The average molecular weight is 232 g/mol. The van der Waals surface area contributed by atoms with Crippen LogP contribution in [-0.2, 0) is 16.4 Å². The molecular weight excluding hydrogens is 216 g/mol. The molecule has 0 fully saturated rings. The highest BCUT2D eigenvalue weighted by Gasteiger charge is 2.17. The maximum atomic E-state index is 11.0. The number of sulfone groups is 1. The molecule has 86 valence electrons. The summed E-state index contributed by atoms with van der Waals surface area (Å²) in [7, 11) is -3.17. The second-order valence-corrected chi connectivity index (χ2v) is 5.77. The summed E-state index contributed by atoms with van der Waals surface area (Å²) in [5, 5.41) is 13.7. The topological polar surface area (TPSA) is 72.2 Å². The van der Waals surface area contributed by atoms with E-state index in [-0.39, 0.29) is 5.75 Å². The maximum absolute atomic E-state index is 11.0. The van der Waals surface area contributed by atoms with Crippen LogP contribution in [0.4, 0.5) is 0 Å². The highest BCUT2D eigenvalue weighted by Crippen LogP contribution is 2.14. The smallest absolute Gasteiger partial charge is 0.150 e. The third-order valence-corrected chi connectivity index (χ3v) is 2.91. The zero-order valence-electron chi connectivity index (χ0n) is 8.92. The number of aliphatic hydroxyl groups is 1. The minimum Gasteiger partial charge on any atom is -0.386 e. The van der Waals surface area contributed by atoms with Crippen LogP contribution in [0.3, 0.4) is 0 Å². The lowest BCUT2D eigenvalue weighted by atomic mass is 10.3. The largest absolute Gasteiger partial charge is 0.386 e. The van der Waals surface area contributed by atoms with Crippen LogP contribution in [0.25, 0.3) is 0 Å². The Hall–Kier alpha value is -0.880. The van der Waals surface area contributed by atoms with Gasteiger partial charge in [-0.15, -0.1) is 0 Å². The minimum atomic E-state index is -3.17. The molecule has 0 aliphatic carbocycles. The molecule has 5 nitrogen and oxygen atoms in total. The number of aliphatic hydroxyl groups excluding tert-OH is 1. The van der Waals surface area contributed by atoms with E-state index in [2.05, 4.69) is 5.10 Å². The van der Waals surface area contributed by atoms with E-state index in [9.17, 15) is 13.5 Å². The van der Waals surface area contributed by atoms with Crippen LogP contribution in [0, 0.1) is 0 Å². The number of aromatic nitrogens is 2. The van der Waals surface area contributed by atoms with E-state index in [4.69, 9.17) is 0 Å². The molecule has 0 bridgehead atoms. The number of hydrogen-bond acceptors (Lipinski definition) is 4. The van der Waals surface area contributed by atoms with Gasteiger partial charge in [-0.2, -0.15) is 5.10 Å². The van der Waals surface area contributed by atoms with E-state index >= 15 is 0 Å². The fourth-order valence-electron chi connectivity index (χ4n) is 1.40. The summed E-state index contributed by atoms with van der Waals surface area (Å²) in [6.07, 6.45) is 2.57. The van der Waals surface area contributed by atoms with Gasteiger partial charge in [0.15, 0.2) is 0 Å². The van der Waals surface area contributed by atoms with Gasteiger partial charge in [0.2, 0.25) is 0 Å². The number of rotatable bonds is 5. The Morgan fingerprint density at radius 2 is 2.27 bits per heavy atom. The summed E-state index contributed by atoms with van der Waals surface area (Å²) < 4.78 is 23.7. The van der Waals surface area contributed by atoms with Crippen molar-refractivity contribution in [3.63, 3.8) is 0 Å². The minimum absolute atomic E-state index is 0.262. The molecule has 15 heavy (non-hydrogen) atoms. The lowest BCUT2D eigenvalue weighted by molar-refractivity contribution is 0.189. The Balaban J connectivity index is 2.81. The van der Waals surface area contributed by atoms with Crippen LogP contribution in [0.15, 0.2) is 12.3 Å². The molecule has 0 spiro atoms. The van der Waals surface area contributed by atoms with Crippen LogP contribution < -0.4 is 0 Å². The summed E-state index contributed by atoms with van der Waals surface area (Å²) in [6, 6.07) is 1.64. The van der Waals surface area contributed by atoms with Crippen molar-refractivity contribution in [2.45, 2.75) is 26.0 Å². The summed E-state index contributed by atoms with van der Waals surface area (Å²) >= 11 is 0. The van der Waals surface area contributed by atoms with Gasteiger partial charge in [0.25, 0.3) is 0 Å². The van der Waals surface area contributed by atoms with E-state index in [0.717, 1.165) is 12.7 Å². The fraction of sp³-hybridized carbons (Fsp3) is 0.667. The normalized spacial score (nSPS) is 14.1. The first-order chi connectivity index (χ1) is 6.94. The molecule has 1 unspecified atom stereocenters. The Bertz CT molecular complexity index is 411. The van der Waals surface area contributed by atoms with Gasteiger partial charge in [-0.3, -0.25) is 4.68 Å². The van der Waals surface area contributed by atoms with Crippen molar-refractivity contribution in [3.8, 4) is 0 Å². The molecule has 1 atom stereocenters. The Morgan fingerprint density at radius 3 is 2.80 bits per heavy atom. The van der Waals surface area contributed by atoms with Crippen molar-refractivity contribution in [1.29, 1.82) is 0 Å². The molecule has 0 amide bonds. The first-order valence-corrected chi connectivity index (χ1v) is 6.87. The lowest BCUT2D eigenvalue weighted by Gasteiger charge is -2.11. The number of hydrogen-bond donors (Lipinski definition) is 1.